The molecule has 6 heteroatoms. The average molecular weight is 343 g/mol. The van der Waals surface area contributed by atoms with Gasteiger partial charge in [0.2, 0.25) is 6.04 Å². The van der Waals surface area contributed by atoms with Gasteiger partial charge in [0.05, 0.1) is 12.5 Å². The Morgan fingerprint density at radius 2 is 1.92 bits per heavy atom. The van der Waals surface area contributed by atoms with Gasteiger partial charge in [-0.25, -0.2) is 0 Å². The number of nitrogens with zero attached hydrogens (tertiary/aromatic N) is 1. The van der Waals surface area contributed by atoms with Crippen LogP contribution in [-0.2, 0) is 16.0 Å². The lowest BCUT2D eigenvalue weighted by atomic mass is 9.76. The molecule has 0 amide bonds. The van der Waals surface area contributed by atoms with Crippen molar-refractivity contribution in [3.05, 3.63) is 45.5 Å². The molecule has 2 aliphatic rings. The van der Waals surface area contributed by atoms with Crippen LogP contribution in [0.1, 0.15) is 43.7 Å². The van der Waals surface area contributed by atoms with Crippen LogP contribution in [0.15, 0.2) is 24.3 Å². The van der Waals surface area contributed by atoms with Gasteiger partial charge in [0.15, 0.2) is 0 Å². The molecule has 1 unspecified atom stereocenters. The predicted molar refractivity (Wildman–Crippen MR) is 92.0 cm³/mol. The molecule has 1 aromatic carbocycles. The highest BCUT2D eigenvalue weighted by atomic mass is 16.6. The fraction of sp³-hybridized carbons (Fsp3) is 0.474. The number of methoxy groups -OCH3 is 1. The largest absolute Gasteiger partial charge is 0.497 e. The van der Waals surface area contributed by atoms with Gasteiger partial charge in [-0.1, -0.05) is 12.1 Å². The van der Waals surface area contributed by atoms with Crippen molar-refractivity contribution in [3.63, 3.8) is 0 Å². The lowest BCUT2D eigenvalue weighted by Crippen LogP contribution is -2.37. The molecular weight excluding hydrogens is 322 g/mol. The fourth-order valence-electron chi connectivity index (χ4n) is 3.84. The maximum Gasteiger partial charge on any atom is 0.239 e. The van der Waals surface area contributed by atoms with Crippen LogP contribution in [0, 0.1) is 15.5 Å². The van der Waals surface area contributed by atoms with Gasteiger partial charge in [0, 0.05) is 29.8 Å². The molecule has 1 atom stereocenters. The maximum absolute atomic E-state index is 12.2. The predicted octanol–water partition coefficient (Wildman–Crippen LogP) is 3.00. The van der Waals surface area contributed by atoms with E-state index in [0.717, 1.165) is 17.5 Å². The topological polar surface area (TPSA) is 86.5 Å². The Hall–Kier alpha value is -2.50. The number of rotatable bonds is 5. The summed E-state index contributed by atoms with van der Waals surface area (Å²) in [7, 11) is 1.58. The van der Waals surface area contributed by atoms with Crippen LogP contribution >= 0.6 is 0 Å². The standard InChI is InChI=1S/C19H21NO5/c1-19(17(21)8-9-18(19)22)11-16(20(23)24)15-5-3-4-12-10-13(25-2)6-7-14(12)15/h5-7,10,16H,3-4,8-9,11H2,1-2H3. The number of hydrogen-bond donors (Lipinski definition) is 0. The Balaban J connectivity index is 1.98. The number of aryl methyl sites for hydroxylation is 1. The van der Waals surface area contributed by atoms with Gasteiger partial charge in [0.1, 0.15) is 17.3 Å². The molecule has 6 nitrogen and oxygen atoms in total. The molecule has 132 valence electrons. The van der Waals surface area contributed by atoms with Gasteiger partial charge < -0.3 is 4.74 Å². The van der Waals surface area contributed by atoms with E-state index in [1.807, 2.05) is 18.2 Å². The van der Waals surface area contributed by atoms with Crippen LogP contribution in [0.3, 0.4) is 0 Å². The number of benzene rings is 1. The number of fused-ring (bicyclic) bond motifs is 1. The second-order valence-corrected chi connectivity index (χ2v) is 6.90. The zero-order valence-corrected chi connectivity index (χ0v) is 14.4. The molecule has 0 heterocycles. The van der Waals surface area contributed by atoms with Crippen LogP contribution in [-0.4, -0.2) is 29.6 Å². The monoisotopic (exact) mass is 343 g/mol. The van der Waals surface area contributed by atoms with Crippen molar-refractivity contribution < 1.29 is 19.2 Å². The Morgan fingerprint density at radius 3 is 2.52 bits per heavy atom. The zero-order valence-electron chi connectivity index (χ0n) is 14.4. The molecule has 0 radical (unpaired) electrons. The molecule has 3 rings (SSSR count). The molecule has 2 aliphatic carbocycles. The number of ketones is 2. The van der Waals surface area contributed by atoms with Gasteiger partial charge in [-0.3, -0.25) is 19.7 Å². The van der Waals surface area contributed by atoms with E-state index in [0.29, 0.717) is 17.7 Å². The van der Waals surface area contributed by atoms with E-state index < -0.39 is 11.5 Å². The smallest absolute Gasteiger partial charge is 0.239 e. The summed E-state index contributed by atoms with van der Waals surface area (Å²) in [5.74, 6) is 0.345. The molecule has 0 N–H and O–H groups in total. The van der Waals surface area contributed by atoms with Crippen molar-refractivity contribution >= 4 is 17.1 Å². The molecular formula is C19H21NO5. The second-order valence-electron chi connectivity index (χ2n) is 6.90. The summed E-state index contributed by atoms with van der Waals surface area (Å²) in [6.45, 7) is 1.56. The molecule has 25 heavy (non-hydrogen) atoms. The Labute approximate surface area is 146 Å². The number of carbonyl (C=O) groups excluding carboxylic acids is 2. The van der Waals surface area contributed by atoms with Crippen molar-refractivity contribution in [2.75, 3.05) is 7.11 Å². The van der Waals surface area contributed by atoms with E-state index in [-0.39, 0.29) is 35.8 Å². The number of ether oxygens (including phenoxy) is 1. The lowest BCUT2D eigenvalue weighted by Gasteiger charge is -2.26. The van der Waals surface area contributed by atoms with Gasteiger partial charge in [0.25, 0.3) is 0 Å². The van der Waals surface area contributed by atoms with E-state index in [4.69, 9.17) is 4.74 Å². The van der Waals surface area contributed by atoms with Crippen molar-refractivity contribution in [1.82, 2.24) is 0 Å². The fourth-order valence-corrected chi connectivity index (χ4v) is 3.84. The van der Waals surface area contributed by atoms with Crippen LogP contribution in [0.4, 0.5) is 0 Å². The Kier molecular flexibility index (Phi) is 4.45. The summed E-state index contributed by atoms with van der Waals surface area (Å²) in [6, 6.07) is 4.44. The summed E-state index contributed by atoms with van der Waals surface area (Å²) < 4.78 is 5.23. The third-order valence-corrected chi connectivity index (χ3v) is 5.43. The molecule has 0 spiro atoms. The molecule has 0 saturated heterocycles. The normalized spacial score (nSPS) is 20.0. The third kappa shape index (κ3) is 2.97. The quantitative estimate of drug-likeness (QED) is 0.466. The lowest BCUT2D eigenvalue weighted by molar-refractivity contribution is -0.508. The van der Waals surface area contributed by atoms with Crippen LogP contribution in [0.25, 0.3) is 5.57 Å². The van der Waals surface area contributed by atoms with E-state index in [2.05, 4.69) is 0 Å². The minimum absolute atomic E-state index is 0.0744. The first kappa shape index (κ1) is 17.3. The highest BCUT2D eigenvalue weighted by Gasteiger charge is 2.50. The van der Waals surface area contributed by atoms with Gasteiger partial charge in [-0.2, -0.15) is 0 Å². The van der Waals surface area contributed by atoms with Gasteiger partial charge in [-0.05, 0) is 43.0 Å². The van der Waals surface area contributed by atoms with Crippen LogP contribution in [0.2, 0.25) is 0 Å². The number of Topliss-reactive ketones (excluding diaryl/α,β-unsaturated/α-hetero) is 2. The Bertz CT molecular complexity index is 764. The first-order valence-electron chi connectivity index (χ1n) is 8.44. The number of allylic oxidation sites excluding steroid dienone is 1. The van der Waals surface area contributed by atoms with Crippen molar-refractivity contribution in [3.8, 4) is 5.75 Å². The Morgan fingerprint density at radius 1 is 1.24 bits per heavy atom. The van der Waals surface area contributed by atoms with Gasteiger partial charge in [-0.15, -0.1) is 0 Å². The van der Waals surface area contributed by atoms with E-state index >= 15 is 0 Å². The van der Waals surface area contributed by atoms with Crippen molar-refractivity contribution in [2.24, 2.45) is 5.41 Å². The average Bonchev–Trinajstić information content (AvgIpc) is 2.86. The molecule has 0 bridgehead atoms. The van der Waals surface area contributed by atoms with Crippen LogP contribution < -0.4 is 4.74 Å². The molecule has 1 fully saturated rings. The second kappa shape index (κ2) is 6.43. The minimum atomic E-state index is -1.25. The molecule has 0 aromatic heterocycles. The number of hydrogen-bond acceptors (Lipinski definition) is 5. The van der Waals surface area contributed by atoms with Crippen molar-refractivity contribution in [2.45, 2.75) is 45.1 Å². The van der Waals surface area contributed by atoms with Gasteiger partial charge >= 0.3 is 0 Å². The first-order valence-corrected chi connectivity index (χ1v) is 8.44. The molecule has 1 aromatic rings. The zero-order chi connectivity index (χ0) is 18.2. The molecule has 1 saturated carbocycles. The minimum Gasteiger partial charge on any atom is -0.497 e. The summed E-state index contributed by atoms with van der Waals surface area (Å²) in [5.41, 5.74) is 1.17. The van der Waals surface area contributed by atoms with E-state index in [1.54, 1.807) is 20.1 Å². The van der Waals surface area contributed by atoms with E-state index in [1.165, 1.54) is 0 Å². The number of nitro groups is 1. The maximum atomic E-state index is 12.2. The molecule has 0 aliphatic heterocycles. The first-order chi connectivity index (χ1) is 11.9. The van der Waals surface area contributed by atoms with E-state index in [9.17, 15) is 19.7 Å². The third-order valence-electron chi connectivity index (χ3n) is 5.43. The summed E-state index contributed by atoms with van der Waals surface area (Å²) in [6.07, 6.45) is 3.65. The SMILES string of the molecule is COc1ccc2c(c1)CCC=C2C(CC1(C)C(=O)CCC1=O)[N+](=O)[O-]. The summed E-state index contributed by atoms with van der Waals surface area (Å²) in [4.78, 5) is 35.8. The highest BCUT2D eigenvalue weighted by molar-refractivity contribution is 6.12. The highest BCUT2D eigenvalue weighted by Crippen LogP contribution is 2.41. The summed E-state index contributed by atoms with van der Waals surface area (Å²) in [5, 5.41) is 11.8. The van der Waals surface area contributed by atoms with Crippen LogP contribution in [0.5, 0.6) is 5.75 Å². The summed E-state index contributed by atoms with van der Waals surface area (Å²) >= 11 is 0. The van der Waals surface area contributed by atoms with Crippen molar-refractivity contribution in [1.29, 1.82) is 0 Å². The number of carbonyl (C=O) groups is 2.